The first kappa shape index (κ1) is 23.0. The lowest BCUT2D eigenvalue weighted by Gasteiger charge is -2.28. The van der Waals surface area contributed by atoms with E-state index < -0.39 is 5.97 Å². The van der Waals surface area contributed by atoms with Gasteiger partial charge in [0.1, 0.15) is 6.33 Å². The zero-order valence-electron chi connectivity index (χ0n) is 19.4. The maximum absolute atomic E-state index is 11.9. The second-order valence-electron chi connectivity index (χ2n) is 7.87. The number of nitrogens with zero attached hydrogens (tertiary/aromatic N) is 8. The van der Waals surface area contributed by atoms with E-state index >= 15 is 0 Å². The van der Waals surface area contributed by atoms with Gasteiger partial charge in [0.25, 0.3) is 0 Å². The van der Waals surface area contributed by atoms with Crippen LogP contribution in [0.2, 0.25) is 0 Å². The van der Waals surface area contributed by atoms with Crippen molar-refractivity contribution in [2.75, 3.05) is 49.8 Å². The summed E-state index contributed by atoms with van der Waals surface area (Å²) in [6.07, 6.45) is 7.89. The van der Waals surface area contributed by atoms with Crippen LogP contribution in [-0.2, 0) is 16.0 Å². The van der Waals surface area contributed by atoms with Crippen molar-refractivity contribution in [3.8, 4) is 11.4 Å². The number of thiophene rings is 1. The van der Waals surface area contributed by atoms with Crippen LogP contribution >= 0.6 is 11.3 Å². The highest BCUT2D eigenvalue weighted by Gasteiger charge is 2.21. The fourth-order valence-electron chi connectivity index (χ4n) is 3.72. The first-order valence-corrected chi connectivity index (χ1v) is 12.0. The molecular formula is C23H24N8O3S. The zero-order chi connectivity index (χ0) is 24.2. The molecule has 12 heteroatoms. The van der Waals surface area contributed by atoms with Crippen LogP contribution in [0.3, 0.4) is 0 Å². The van der Waals surface area contributed by atoms with Crippen LogP contribution < -0.4 is 9.80 Å². The van der Waals surface area contributed by atoms with E-state index in [1.54, 1.807) is 30.7 Å². The Morgan fingerprint density at radius 2 is 1.89 bits per heavy atom. The Kier molecular flexibility index (Phi) is 6.73. The van der Waals surface area contributed by atoms with Gasteiger partial charge in [-0.25, -0.2) is 34.7 Å². The molecule has 0 saturated carbocycles. The molecule has 4 aromatic heterocycles. The molecule has 1 fully saturated rings. The van der Waals surface area contributed by atoms with Gasteiger partial charge in [0.05, 0.1) is 47.7 Å². The minimum Gasteiger partial charge on any atom is -0.462 e. The van der Waals surface area contributed by atoms with E-state index in [4.69, 9.17) is 19.4 Å². The molecule has 0 atom stereocenters. The lowest BCUT2D eigenvalue weighted by Crippen LogP contribution is -2.36. The van der Waals surface area contributed by atoms with Gasteiger partial charge in [0.2, 0.25) is 5.95 Å². The van der Waals surface area contributed by atoms with Crippen LogP contribution in [-0.4, -0.2) is 75.8 Å². The molecule has 5 rings (SSSR count). The lowest BCUT2D eigenvalue weighted by molar-refractivity contribution is 0.0525. The maximum atomic E-state index is 11.9. The van der Waals surface area contributed by atoms with Crippen molar-refractivity contribution in [2.45, 2.75) is 13.5 Å². The van der Waals surface area contributed by atoms with Gasteiger partial charge in [0.15, 0.2) is 11.6 Å². The van der Waals surface area contributed by atoms with Crippen molar-refractivity contribution >= 4 is 39.3 Å². The molecular weight excluding hydrogens is 468 g/mol. The van der Waals surface area contributed by atoms with Crippen LogP contribution in [0.1, 0.15) is 22.2 Å². The molecule has 180 valence electrons. The predicted molar refractivity (Wildman–Crippen MR) is 132 cm³/mol. The van der Waals surface area contributed by atoms with Gasteiger partial charge < -0.3 is 19.3 Å². The number of hydrogen-bond acceptors (Lipinski definition) is 12. The predicted octanol–water partition coefficient (Wildman–Crippen LogP) is 2.59. The number of hydrogen-bond donors (Lipinski definition) is 0. The van der Waals surface area contributed by atoms with Crippen LogP contribution in [0.5, 0.6) is 0 Å². The summed E-state index contributed by atoms with van der Waals surface area (Å²) in [5, 5.41) is 0. The average Bonchev–Trinajstić information content (AvgIpc) is 3.31. The number of anilines is 2. The second-order valence-corrected chi connectivity index (χ2v) is 9.01. The smallest absolute Gasteiger partial charge is 0.341 e. The molecule has 1 aliphatic heterocycles. The molecule has 0 radical (unpaired) electrons. The summed E-state index contributed by atoms with van der Waals surface area (Å²) in [5.41, 5.74) is 1.96. The van der Waals surface area contributed by atoms with Crippen molar-refractivity contribution in [3.05, 3.63) is 47.6 Å². The SMILES string of the molecule is CCOC(=O)c1cnc(N(C)Cc2cc3nc(-c4cncnc4)nc(N4CCOCC4)c3s2)nc1. The molecule has 35 heavy (non-hydrogen) atoms. The van der Waals surface area contributed by atoms with Gasteiger partial charge in [-0.1, -0.05) is 0 Å². The van der Waals surface area contributed by atoms with Crippen LogP contribution in [0.15, 0.2) is 37.2 Å². The van der Waals surface area contributed by atoms with E-state index in [-0.39, 0.29) is 0 Å². The van der Waals surface area contributed by atoms with Crippen molar-refractivity contribution in [1.29, 1.82) is 0 Å². The Balaban J connectivity index is 1.44. The highest BCUT2D eigenvalue weighted by molar-refractivity contribution is 7.19. The molecule has 4 aromatic rings. The number of carbonyl (C=O) groups excluding carboxylic acids is 1. The monoisotopic (exact) mass is 492 g/mol. The Hall–Kier alpha value is -3.77. The Bertz CT molecular complexity index is 1310. The van der Waals surface area contributed by atoms with Gasteiger partial charge in [-0.05, 0) is 13.0 Å². The first-order valence-electron chi connectivity index (χ1n) is 11.2. The standard InChI is InChI=1S/C23H24N8O3S/c1-3-34-22(32)16-11-26-23(27-12-16)30(2)13-17-8-18-19(35-17)21(31-4-6-33-7-5-31)29-20(28-18)15-9-24-14-25-10-15/h8-12,14H,3-7,13H2,1-2H3. The van der Waals surface area contributed by atoms with E-state index in [0.717, 1.165) is 39.6 Å². The molecule has 5 heterocycles. The number of esters is 1. The first-order chi connectivity index (χ1) is 17.1. The maximum Gasteiger partial charge on any atom is 0.341 e. The molecule has 0 aromatic carbocycles. The van der Waals surface area contributed by atoms with Crippen LogP contribution in [0.25, 0.3) is 21.6 Å². The normalized spacial score (nSPS) is 13.7. The third kappa shape index (κ3) is 5.03. The molecule has 0 unspecified atom stereocenters. The molecule has 11 nitrogen and oxygen atoms in total. The Labute approximate surface area is 205 Å². The van der Waals surface area contributed by atoms with E-state index in [0.29, 0.717) is 43.7 Å². The third-order valence-corrected chi connectivity index (χ3v) is 6.52. The van der Waals surface area contributed by atoms with Gasteiger partial charge in [-0.3, -0.25) is 0 Å². The quantitative estimate of drug-likeness (QED) is 0.354. The number of ether oxygens (including phenoxy) is 2. The largest absolute Gasteiger partial charge is 0.462 e. The number of morpholine rings is 1. The second kappa shape index (κ2) is 10.2. The van der Waals surface area contributed by atoms with E-state index in [2.05, 4.69) is 30.9 Å². The summed E-state index contributed by atoms with van der Waals surface area (Å²) >= 11 is 1.65. The van der Waals surface area contributed by atoms with Crippen molar-refractivity contribution in [3.63, 3.8) is 0 Å². The van der Waals surface area contributed by atoms with Gasteiger partial charge in [-0.15, -0.1) is 11.3 Å². The summed E-state index contributed by atoms with van der Waals surface area (Å²) in [4.78, 5) is 43.7. The molecule has 0 amide bonds. The molecule has 1 saturated heterocycles. The Morgan fingerprint density at radius 3 is 2.60 bits per heavy atom. The summed E-state index contributed by atoms with van der Waals surface area (Å²) in [6.45, 7) is 5.50. The number of rotatable bonds is 7. The van der Waals surface area contributed by atoms with E-state index in [1.165, 1.54) is 18.7 Å². The fourth-order valence-corrected chi connectivity index (χ4v) is 4.88. The minimum atomic E-state index is -0.431. The molecule has 0 N–H and O–H groups in total. The molecule has 1 aliphatic rings. The van der Waals surface area contributed by atoms with E-state index in [1.807, 2.05) is 11.9 Å². The molecule has 0 spiro atoms. The fraction of sp³-hybridized carbons (Fsp3) is 0.348. The van der Waals surface area contributed by atoms with Crippen molar-refractivity contribution < 1.29 is 14.3 Å². The molecule has 0 bridgehead atoms. The highest BCUT2D eigenvalue weighted by atomic mass is 32.1. The summed E-state index contributed by atoms with van der Waals surface area (Å²) in [5.74, 6) is 1.57. The number of carbonyl (C=O) groups is 1. The summed E-state index contributed by atoms with van der Waals surface area (Å²) < 4.78 is 11.6. The zero-order valence-corrected chi connectivity index (χ0v) is 20.2. The van der Waals surface area contributed by atoms with E-state index in [9.17, 15) is 4.79 Å². The van der Waals surface area contributed by atoms with Crippen molar-refractivity contribution in [1.82, 2.24) is 29.9 Å². The van der Waals surface area contributed by atoms with Crippen LogP contribution in [0, 0.1) is 0 Å². The number of aromatic nitrogens is 6. The third-order valence-electron chi connectivity index (χ3n) is 5.42. The average molecular weight is 493 g/mol. The lowest BCUT2D eigenvalue weighted by atomic mass is 10.3. The number of fused-ring (bicyclic) bond motifs is 1. The molecule has 0 aliphatic carbocycles. The van der Waals surface area contributed by atoms with Crippen molar-refractivity contribution in [2.24, 2.45) is 0 Å². The Morgan fingerprint density at radius 1 is 1.14 bits per heavy atom. The summed E-state index contributed by atoms with van der Waals surface area (Å²) in [7, 11) is 1.91. The minimum absolute atomic E-state index is 0.306. The highest BCUT2D eigenvalue weighted by Crippen LogP contribution is 2.35. The van der Waals surface area contributed by atoms with Gasteiger partial charge >= 0.3 is 5.97 Å². The summed E-state index contributed by atoms with van der Waals surface area (Å²) in [6, 6.07) is 2.07. The topological polar surface area (TPSA) is 119 Å². The van der Waals surface area contributed by atoms with Crippen LogP contribution in [0.4, 0.5) is 11.8 Å². The van der Waals surface area contributed by atoms with Gasteiger partial charge in [0, 0.05) is 49.8 Å². The van der Waals surface area contributed by atoms with Gasteiger partial charge in [-0.2, -0.15) is 0 Å².